The van der Waals surface area contributed by atoms with Crippen molar-refractivity contribution in [3.05, 3.63) is 3.95 Å². The summed E-state index contributed by atoms with van der Waals surface area (Å²) in [5.41, 5.74) is 0. The second-order valence-corrected chi connectivity index (χ2v) is 5.10. The van der Waals surface area contributed by atoms with E-state index in [-0.39, 0.29) is 18.8 Å². The standard InChI is InChI=1S/C7H9F2N3S2/c8-7(9)1-4(2-7)3-10-5-11-12-6(13)14-5/h4H,1-3H2,(H,10,11)(H,12,13). The second kappa shape index (κ2) is 3.54. The van der Waals surface area contributed by atoms with E-state index in [0.717, 1.165) is 0 Å². The largest absolute Gasteiger partial charge is 0.360 e. The highest BCUT2D eigenvalue weighted by atomic mass is 32.1. The molecule has 2 N–H and O–H groups in total. The van der Waals surface area contributed by atoms with Crippen molar-refractivity contribution in [2.45, 2.75) is 18.8 Å². The SMILES string of the molecule is FC1(F)CC(CNc2n[nH]c(=S)s2)C1. The Hall–Kier alpha value is -0.560. The van der Waals surface area contributed by atoms with Crippen LogP contribution in [-0.2, 0) is 0 Å². The molecule has 0 radical (unpaired) electrons. The summed E-state index contributed by atoms with van der Waals surface area (Å²) in [5.74, 6) is -2.38. The van der Waals surface area contributed by atoms with Crippen molar-refractivity contribution in [3.63, 3.8) is 0 Å². The predicted molar refractivity (Wildman–Crippen MR) is 53.5 cm³/mol. The van der Waals surface area contributed by atoms with Crippen LogP contribution < -0.4 is 5.32 Å². The van der Waals surface area contributed by atoms with Crippen LogP contribution in [0, 0.1) is 9.87 Å². The molecule has 1 aliphatic carbocycles. The smallest absolute Gasteiger partial charge is 0.248 e. The lowest BCUT2D eigenvalue weighted by Gasteiger charge is -2.34. The molecule has 1 fully saturated rings. The zero-order valence-corrected chi connectivity index (χ0v) is 8.85. The summed E-state index contributed by atoms with van der Waals surface area (Å²) < 4.78 is 25.5. The molecule has 2 rings (SSSR count). The summed E-state index contributed by atoms with van der Waals surface area (Å²) in [6.07, 6.45) is -0.0361. The fraction of sp³-hybridized carbons (Fsp3) is 0.714. The zero-order chi connectivity index (χ0) is 10.2. The maximum Gasteiger partial charge on any atom is 0.248 e. The topological polar surface area (TPSA) is 40.7 Å². The first-order valence-corrected chi connectivity index (χ1v) is 5.45. The molecule has 0 saturated heterocycles. The first-order valence-electron chi connectivity index (χ1n) is 4.22. The van der Waals surface area contributed by atoms with Crippen LogP contribution in [0.15, 0.2) is 0 Å². The van der Waals surface area contributed by atoms with E-state index in [1.807, 2.05) is 0 Å². The minimum Gasteiger partial charge on any atom is -0.360 e. The van der Waals surface area contributed by atoms with Gasteiger partial charge >= 0.3 is 0 Å². The second-order valence-electron chi connectivity index (χ2n) is 3.43. The molecule has 0 atom stereocenters. The van der Waals surface area contributed by atoms with Gasteiger partial charge in [0.2, 0.25) is 11.1 Å². The number of alkyl halides is 2. The third-order valence-electron chi connectivity index (χ3n) is 2.15. The molecule has 0 bridgehead atoms. The van der Waals surface area contributed by atoms with Gasteiger partial charge in [0.15, 0.2) is 3.95 Å². The van der Waals surface area contributed by atoms with Crippen LogP contribution in [0.3, 0.4) is 0 Å². The van der Waals surface area contributed by atoms with Gasteiger partial charge in [-0.05, 0) is 18.1 Å². The monoisotopic (exact) mass is 237 g/mol. The Morgan fingerprint density at radius 3 is 2.86 bits per heavy atom. The molecule has 0 aliphatic heterocycles. The molecule has 1 aromatic rings. The number of hydrogen-bond acceptors (Lipinski definition) is 4. The minimum atomic E-state index is -2.44. The predicted octanol–water partition coefficient (Wildman–Crippen LogP) is 2.66. The molecule has 0 spiro atoms. The Kier molecular flexibility index (Phi) is 2.52. The number of anilines is 1. The molecular weight excluding hydrogens is 228 g/mol. The van der Waals surface area contributed by atoms with Gasteiger partial charge in [0.25, 0.3) is 0 Å². The van der Waals surface area contributed by atoms with Crippen LogP contribution in [0.2, 0.25) is 0 Å². The van der Waals surface area contributed by atoms with Crippen LogP contribution in [-0.4, -0.2) is 22.7 Å². The number of hydrogen-bond donors (Lipinski definition) is 2. The summed E-state index contributed by atoms with van der Waals surface area (Å²) in [6, 6.07) is 0. The molecule has 7 heteroatoms. The zero-order valence-electron chi connectivity index (χ0n) is 7.22. The third kappa shape index (κ3) is 2.27. The van der Waals surface area contributed by atoms with Gasteiger partial charge in [0.05, 0.1) is 0 Å². The van der Waals surface area contributed by atoms with Crippen LogP contribution in [0.5, 0.6) is 0 Å². The molecule has 1 heterocycles. The number of nitrogens with zero attached hydrogens (tertiary/aromatic N) is 1. The van der Waals surface area contributed by atoms with Crippen LogP contribution >= 0.6 is 23.6 Å². The lowest BCUT2D eigenvalue weighted by molar-refractivity contribution is -0.106. The number of aromatic amines is 1. The normalized spacial score (nSPS) is 20.4. The molecule has 1 aromatic heterocycles. The van der Waals surface area contributed by atoms with Gasteiger partial charge in [-0.2, -0.15) is 0 Å². The first kappa shape index (κ1) is 9.97. The van der Waals surface area contributed by atoms with E-state index in [1.165, 1.54) is 11.3 Å². The maximum absolute atomic E-state index is 12.5. The molecular formula is C7H9F2N3S2. The Balaban J connectivity index is 1.77. The van der Waals surface area contributed by atoms with Gasteiger partial charge in [-0.15, -0.1) is 5.10 Å². The number of nitrogens with one attached hydrogen (secondary N) is 2. The van der Waals surface area contributed by atoms with E-state index in [1.54, 1.807) is 0 Å². The van der Waals surface area contributed by atoms with Crippen molar-refractivity contribution in [1.82, 2.24) is 10.2 Å². The molecule has 14 heavy (non-hydrogen) atoms. The summed E-state index contributed by atoms with van der Waals surface area (Å²) in [4.78, 5) is 0. The van der Waals surface area contributed by atoms with Crippen molar-refractivity contribution in [3.8, 4) is 0 Å². The Bertz CT molecular complexity index is 365. The fourth-order valence-corrected chi connectivity index (χ4v) is 2.26. The molecule has 0 unspecified atom stereocenters. The first-order chi connectivity index (χ1) is 6.55. The van der Waals surface area contributed by atoms with Crippen molar-refractivity contribution >= 4 is 28.7 Å². The van der Waals surface area contributed by atoms with Gasteiger partial charge in [-0.25, -0.2) is 8.78 Å². The highest BCUT2D eigenvalue weighted by molar-refractivity contribution is 7.73. The van der Waals surface area contributed by atoms with Crippen LogP contribution in [0.1, 0.15) is 12.8 Å². The van der Waals surface area contributed by atoms with E-state index >= 15 is 0 Å². The van der Waals surface area contributed by atoms with Crippen molar-refractivity contribution in [2.24, 2.45) is 5.92 Å². The number of halogens is 2. The van der Waals surface area contributed by atoms with E-state index in [9.17, 15) is 8.78 Å². The number of rotatable bonds is 3. The molecule has 0 aromatic carbocycles. The van der Waals surface area contributed by atoms with E-state index < -0.39 is 5.92 Å². The molecule has 0 amide bonds. The van der Waals surface area contributed by atoms with Gasteiger partial charge in [-0.3, -0.25) is 5.10 Å². The van der Waals surface area contributed by atoms with Crippen LogP contribution in [0.25, 0.3) is 0 Å². The van der Waals surface area contributed by atoms with Crippen molar-refractivity contribution in [1.29, 1.82) is 0 Å². The minimum absolute atomic E-state index is 0.0180. The molecule has 3 nitrogen and oxygen atoms in total. The highest BCUT2D eigenvalue weighted by Gasteiger charge is 2.44. The number of aromatic nitrogens is 2. The van der Waals surface area contributed by atoms with Gasteiger partial charge in [0, 0.05) is 19.4 Å². The average Bonchev–Trinajstić information content (AvgIpc) is 2.44. The van der Waals surface area contributed by atoms with Crippen molar-refractivity contribution < 1.29 is 8.78 Å². The van der Waals surface area contributed by atoms with Crippen LogP contribution in [0.4, 0.5) is 13.9 Å². The average molecular weight is 237 g/mol. The summed E-state index contributed by atoms with van der Waals surface area (Å²) in [7, 11) is 0. The quantitative estimate of drug-likeness (QED) is 0.794. The molecule has 1 aliphatic rings. The number of H-pyrrole nitrogens is 1. The Labute approximate surface area is 88.5 Å². The van der Waals surface area contributed by atoms with Gasteiger partial charge < -0.3 is 5.32 Å². The summed E-state index contributed by atoms with van der Waals surface area (Å²) in [6.45, 7) is 0.547. The third-order valence-corrected chi connectivity index (χ3v) is 3.20. The summed E-state index contributed by atoms with van der Waals surface area (Å²) >= 11 is 6.15. The Morgan fingerprint density at radius 1 is 1.64 bits per heavy atom. The summed E-state index contributed by atoms with van der Waals surface area (Å²) in [5, 5.41) is 10.1. The fourth-order valence-electron chi connectivity index (χ4n) is 1.47. The molecule has 1 saturated carbocycles. The maximum atomic E-state index is 12.5. The van der Waals surface area contributed by atoms with Gasteiger partial charge in [0.1, 0.15) is 0 Å². The molecule has 78 valence electrons. The van der Waals surface area contributed by atoms with E-state index in [2.05, 4.69) is 15.5 Å². The van der Waals surface area contributed by atoms with E-state index in [4.69, 9.17) is 12.2 Å². The lowest BCUT2D eigenvalue weighted by Crippen LogP contribution is -2.39. The van der Waals surface area contributed by atoms with E-state index in [0.29, 0.717) is 15.6 Å². The lowest BCUT2D eigenvalue weighted by atomic mass is 9.81. The van der Waals surface area contributed by atoms with Gasteiger partial charge in [-0.1, -0.05) is 11.3 Å². The highest BCUT2D eigenvalue weighted by Crippen LogP contribution is 2.42. The Morgan fingerprint density at radius 2 is 2.36 bits per heavy atom. The van der Waals surface area contributed by atoms with Crippen molar-refractivity contribution in [2.75, 3.05) is 11.9 Å².